The minimum Gasteiger partial charge on any atom is -0.484 e. The van der Waals surface area contributed by atoms with E-state index in [1.54, 1.807) is 0 Å². The van der Waals surface area contributed by atoms with E-state index in [0.29, 0.717) is 32.4 Å². The van der Waals surface area contributed by atoms with Gasteiger partial charge in [-0.2, -0.15) is 18.4 Å². The topological polar surface area (TPSA) is 141 Å². The summed E-state index contributed by atoms with van der Waals surface area (Å²) in [5.74, 6) is -2.01. The number of amides is 4. The minimum absolute atomic E-state index is 0.0143. The summed E-state index contributed by atoms with van der Waals surface area (Å²) >= 11 is 0. The third-order valence-electron chi connectivity index (χ3n) is 6.89. The SMILES string of the molecule is CC(C)C[C@H](NC(=O)COc1ccc(C(F)(F)F)cc1)C(=O)N1CCC[C@H]1C(=O)N[C@H](C#N)C[C@@H]1CCNC1=O. The van der Waals surface area contributed by atoms with E-state index in [9.17, 15) is 37.6 Å². The standard InChI is InChI=1S/C27H34F3N5O5/c1-16(2)12-21(34-23(36)15-40-20-7-5-18(6-8-20)27(28,29)30)26(39)35-11-3-4-22(35)25(38)33-19(14-31)13-17-9-10-32-24(17)37/h5-8,16-17,19,21-22H,3-4,9-13,15H2,1-2H3,(H,32,37)(H,33,38)(H,34,36)/t17-,19-,21-,22-/m0/s1. The van der Waals surface area contributed by atoms with E-state index in [1.807, 2.05) is 19.9 Å². The molecule has 1 aromatic carbocycles. The van der Waals surface area contributed by atoms with E-state index in [4.69, 9.17) is 4.74 Å². The molecule has 0 spiro atoms. The van der Waals surface area contributed by atoms with Crippen molar-refractivity contribution in [3.8, 4) is 11.8 Å². The highest BCUT2D eigenvalue weighted by molar-refractivity contribution is 5.93. The smallest absolute Gasteiger partial charge is 0.416 e. The molecule has 2 heterocycles. The van der Waals surface area contributed by atoms with Crippen LogP contribution in [-0.4, -0.2) is 66.4 Å². The van der Waals surface area contributed by atoms with Crippen molar-refractivity contribution in [2.45, 2.75) is 70.3 Å². The van der Waals surface area contributed by atoms with Gasteiger partial charge in [-0.3, -0.25) is 19.2 Å². The zero-order chi connectivity index (χ0) is 29.4. The van der Waals surface area contributed by atoms with Crippen LogP contribution in [0.3, 0.4) is 0 Å². The number of rotatable bonds is 11. The second-order valence-corrected chi connectivity index (χ2v) is 10.5. The van der Waals surface area contributed by atoms with Crippen LogP contribution in [0, 0.1) is 23.2 Å². The summed E-state index contributed by atoms with van der Waals surface area (Å²) < 4.78 is 43.5. The van der Waals surface area contributed by atoms with Gasteiger partial charge in [-0.15, -0.1) is 0 Å². The molecular formula is C27H34F3N5O5. The number of halogens is 3. The van der Waals surface area contributed by atoms with Crippen LogP contribution in [-0.2, 0) is 25.4 Å². The molecule has 0 radical (unpaired) electrons. The van der Waals surface area contributed by atoms with Gasteiger partial charge in [0.1, 0.15) is 23.9 Å². The summed E-state index contributed by atoms with van der Waals surface area (Å²) in [6.45, 7) is 4.05. The van der Waals surface area contributed by atoms with Gasteiger partial charge in [0.05, 0.1) is 11.6 Å². The Labute approximate surface area is 230 Å². The van der Waals surface area contributed by atoms with Gasteiger partial charge in [-0.1, -0.05) is 13.8 Å². The highest BCUT2D eigenvalue weighted by atomic mass is 19.4. The van der Waals surface area contributed by atoms with E-state index in [1.165, 1.54) is 4.90 Å². The third-order valence-corrected chi connectivity index (χ3v) is 6.89. The maximum absolute atomic E-state index is 13.5. The molecule has 10 nitrogen and oxygen atoms in total. The molecule has 13 heteroatoms. The largest absolute Gasteiger partial charge is 0.484 e. The molecule has 3 rings (SSSR count). The number of carbonyl (C=O) groups is 4. The lowest BCUT2D eigenvalue weighted by atomic mass is 9.98. The average molecular weight is 566 g/mol. The van der Waals surface area contributed by atoms with Crippen molar-refractivity contribution >= 4 is 23.6 Å². The maximum Gasteiger partial charge on any atom is 0.416 e. The minimum atomic E-state index is -4.49. The summed E-state index contributed by atoms with van der Waals surface area (Å²) in [7, 11) is 0. The molecule has 0 aromatic heterocycles. The molecule has 2 aliphatic rings. The van der Waals surface area contributed by atoms with E-state index >= 15 is 0 Å². The molecule has 0 saturated carbocycles. The van der Waals surface area contributed by atoms with Crippen LogP contribution in [0.2, 0.25) is 0 Å². The highest BCUT2D eigenvalue weighted by Gasteiger charge is 2.39. The van der Waals surface area contributed by atoms with Crippen molar-refractivity contribution in [2.75, 3.05) is 19.7 Å². The maximum atomic E-state index is 13.5. The van der Waals surface area contributed by atoms with Crippen molar-refractivity contribution < 1.29 is 37.1 Å². The van der Waals surface area contributed by atoms with Crippen LogP contribution >= 0.6 is 0 Å². The molecule has 4 amide bonds. The Kier molecular flexibility index (Phi) is 10.4. The van der Waals surface area contributed by atoms with Gasteiger partial charge in [0.2, 0.25) is 17.7 Å². The van der Waals surface area contributed by atoms with Crippen molar-refractivity contribution in [3.63, 3.8) is 0 Å². The number of nitrogens with zero attached hydrogens (tertiary/aromatic N) is 2. The number of nitriles is 1. The Morgan fingerprint density at radius 2 is 1.88 bits per heavy atom. The van der Waals surface area contributed by atoms with Crippen LogP contribution < -0.4 is 20.7 Å². The van der Waals surface area contributed by atoms with Gasteiger partial charge < -0.3 is 25.6 Å². The number of benzene rings is 1. The lowest BCUT2D eigenvalue weighted by Gasteiger charge is -2.30. The number of hydrogen-bond acceptors (Lipinski definition) is 6. The number of ether oxygens (including phenoxy) is 1. The molecule has 2 saturated heterocycles. The molecule has 2 aliphatic heterocycles. The monoisotopic (exact) mass is 565 g/mol. The average Bonchev–Trinajstić information content (AvgIpc) is 3.55. The zero-order valence-electron chi connectivity index (χ0n) is 22.4. The molecule has 4 atom stereocenters. The van der Waals surface area contributed by atoms with Gasteiger partial charge in [0.25, 0.3) is 5.91 Å². The Morgan fingerprint density at radius 1 is 1.18 bits per heavy atom. The quantitative estimate of drug-likeness (QED) is 0.376. The molecule has 218 valence electrons. The summed E-state index contributed by atoms with van der Waals surface area (Å²) in [6, 6.07) is 3.26. The molecule has 0 aliphatic carbocycles. The molecular weight excluding hydrogens is 531 g/mol. The predicted octanol–water partition coefficient (Wildman–Crippen LogP) is 2.14. The number of nitrogens with one attached hydrogen (secondary N) is 3. The molecule has 2 fully saturated rings. The van der Waals surface area contributed by atoms with Crippen molar-refractivity contribution in [3.05, 3.63) is 29.8 Å². The summed E-state index contributed by atoms with van der Waals surface area (Å²) in [4.78, 5) is 52.4. The Balaban J connectivity index is 1.59. The van der Waals surface area contributed by atoms with Crippen LogP contribution in [0.4, 0.5) is 13.2 Å². The van der Waals surface area contributed by atoms with Crippen molar-refractivity contribution in [1.29, 1.82) is 5.26 Å². The van der Waals surface area contributed by atoms with Crippen LogP contribution in [0.5, 0.6) is 5.75 Å². The number of alkyl halides is 3. The molecule has 1 aromatic rings. The first-order valence-electron chi connectivity index (χ1n) is 13.3. The highest BCUT2D eigenvalue weighted by Crippen LogP contribution is 2.30. The van der Waals surface area contributed by atoms with E-state index in [0.717, 1.165) is 24.3 Å². The molecule has 0 unspecified atom stereocenters. The zero-order valence-corrected chi connectivity index (χ0v) is 22.4. The summed E-state index contributed by atoms with van der Waals surface area (Å²) in [5, 5.41) is 17.5. The van der Waals surface area contributed by atoms with Gasteiger partial charge in [0, 0.05) is 19.0 Å². The van der Waals surface area contributed by atoms with Crippen LogP contribution in [0.15, 0.2) is 24.3 Å². The summed E-state index contributed by atoms with van der Waals surface area (Å²) in [6.07, 6.45) is -2.50. The fraction of sp³-hybridized carbons (Fsp3) is 0.593. The van der Waals surface area contributed by atoms with E-state index in [2.05, 4.69) is 16.0 Å². The fourth-order valence-corrected chi connectivity index (χ4v) is 4.89. The summed E-state index contributed by atoms with van der Waals surface area (Å²) in [5.41, 5.74) is -0.846. The first kappa shape index (κ1) is 30.7. The lowest BCUT2D eigenvalue weighted by molar-refractivity contribution is -0.142. The van der Waals surface area contributed by atoms with E-state index < -0.39 is 54.2 Å². The molecule has 40 heavy (non-hydrogen) atoms. The van der Waals surface area contributed by atoms with Crippen molar-refractivity contribution in [1.82, 2.24) is 20.9 Å². The Hall–Kier alpha value is -3.82. The fourth-order valence-electron chi connectivity index (χ4n) is 4.89. The third kappa shape index (κ3) is 8.34. The van der Waals surface area contributed by atoms with Gasteiger partial charge in [0.15, 0.2) is 6.61 Å². The normalized spacial score (nSPS) is 20.4. The van der Waals surface area contributed by atoms with Gasteiger partial charge in [-0.25, -0.2) is 0 Å². The lowest BCUT2D eigenvalue weighted by Crippen LogP contribution is -2.55. The van der Waals surface area contributed by atoms with E-state index in [-0.39, 0.29) is 36.3 Å². The Bertz CT molecular complexity index is 1120. The van der Waals surface area contributed by atoms with Crippen LogP contribution in [0.1, 0.15) is 51.5 Å². The Morgan fingerprint density at radius 3 is 2.45 bits per heavy atom. The predicted molar refractivity (Wildman–Crippen MR) is 136 cm³/mol. The first-order chi connectivity index (χ1) is 18.9. The number of hydrogen-bond donors (Lipinski definition) is 3. The second kappa shape index (κ2) is 13.5. The van der Waals surface area contributed by atoms with Gasteiger partial charge >= 0.3 is 6.18 Å². The first-order valence-corrected chi connectivity index (χ1v) is 13.3. The molecule has 3 N–H and O–H groups in total. The van der Waals surface area contributed by atoms with Crippen LogP contribution in [0.25, 0.3) is 0 Å². The second-order valence-electron chi connectivity index (χ2n) is 10.5. The number of likely N-dealkylation sites (tertiary alicyclic amines) is 1. The van der Waals surface area contributed by atoms with Gasteiger partial charge in [-0.05, 0) is 62.3 Å². The number of carbonyl (C=O) groups excluding carboxylic acids is 4. The van der Waals surface area contributed by atoms with Crippen molar-refractivity contribution in [2.24, 2.45) is 11.8 Å². The molecule has 0 bridgehead atoms.